The molecule has 0 aliphatic heterocycles. The summed E-state index contributed by atoms with van der Waals surface area (Å²) in [4.78, 5) is 29.9. The Labute approximate surface area is 282 Å². The molecule has 250 valence electrons. The lowest BCUT2D eigenvalue weighted by molar-refractivity contribution is 0.0344. The molecule has 0 radical (unpaired) electrons. The molecule has 1 heterocycles. The average Bonchev–Trinajstić information content (AvgIpc) is 3.39. The number of nitrogens with zero attached hydrogens (tertiary/aromatic N) is 2. The maximum atomic E-state index is 14.8. The lowest BCUT2D eigenvalue weighted by Crippen LogP contribution is -2.53. The van der Waals surface area contributed by atoms with Gasteiger partial charge in [-0.3, -0.25) is 4.79 Å². The van der Waals surface area contributed by atoms with Gasteiger partial charge in [-0.2, -0.15) is 0 Å². The first-order chi connectivity index (χ1) is 22.2. The summed E-state index contributed by atoms with van der Waals surface area (Å²) in [5.74, 6) is -1.27. The molecule has 0 saturated heterocycles. The fourth-order valence-electron chi connectivity index (χ4n) is 6.57. The van der Waals surface area contributed by atoms with Crippen molar-refractivity contribution in [1.82, 2.24) is 9.80 Å². The Hall–Kier alpha value is -3.73. The minimum atomic E-state index is -0.988. The van der Waals surface area contributed by atoms with E-state index in [0.29, 0.717) is 31.4 Å². The molecule has 1 saturated carbocycles. The van der Waals surface area contributed by atoms with Gasteiger partial charge < -0.3 is 24.7 Å². The number of aliphatic hydroxyl groups excluding tert-OH is 1. The Bertz CT molecular complexity index is 1780. The summed E-state index contributed by atoms with van der Waals surface area (Å²) in [5.41, 5.74) is 2.69. The number of aliphatic hydroxyl groups is 1. The molecule has 1 atom stereocenters. The second-order valence-corrected chi connectivity index (χ2v) is 14.4. The van der Waals surface area contributed by atoms with Crippen LogP contribution in [0.1, 0.15) is 80.3 Å². The highest BCUT2D eigenvalue weighted by Gasteiger charge is 2.39. The lowest BCUT2D eigenvalue weighted by Gasteiger charge is -2.44. The van der Waals surface area contributed by atoms with Gasteiger partial charge in [0.2, 0.25) is 0 Å². The van der Waals surface area contributed by atoms with Gasteiger partial charge in [-0.1, -0.05) is 41.9 Å². The summed E-state index contributed by atoms with van der Waals surface area (Å²) >= 11 is 7.43. The molecule has 1 aliphatic carbocycles. The number of ether oxygens (including phenoxy) is 1. The predicted molar refractivity (Wildman–Crippen MR) is 181 cm³/mol. The minimum absolute atomic E-state index is 0.0236. The first kappa shape index (κ1) is 34.6. The number of hydrogen-bond acceptors (Lipinski definition) is 5. The van der Waals surface area contributed by atoms with Crippen molar-refractivity contribution in [2.45, 2.75) is 83.6 Å². The monoisotopic (exact) mass is 684 g/mol. The Morgan fingerprint density at radius 3 is 2.13 bits per heavy atom. The van der Waals surface area contributed by atoms with Gasteiger partial charge in [0.1, 0.15) is 22.3 Å². The van der Waals surface area contributed by atoms with E-state index in [-0.39, 0.29) is 38.6 Å². The quantitative estimate of drug-likeness (QED) is 0.193. The molecule has 2 amide bonds. The first-order valence-electron chi connectivity index (χ1n) is 15.6. The maximum absolute atomic E-state index is 14.8. The number of thiophene rings is 1. The lowest BCUT2D eigenvalue weighted by atomic mass is 9.86. The fraction of sp³-hybridized carbons (Fsp3) is 0.389. The van der Waals surface area contributed by atoms with Crippen LogP contribution in [0, 0.1) is 11.6 Å². The zero-order chi connectivity index (χ0) is 34.2. The SMILES string of the molecule is COc1ccc(-c2ccc(C(C)O)cc2)cc1CN(C(=O)c1sc2c(F)ccc(F)c2c1Cl)[C@H]1CC[C@H](N(C(=O)O)C(C)(C)C)CC1. The molecular weight excluding hydrogens is 646 g/mol. The van der Waals surface area contributed by atoms with Crippen LogP contribution in [0.3, 0.4) is 0 Å². The predicted octanol–water partition coefficient (Wildman–Crippen LogP) is 9.29. The molecule has 0 spiro atoms. The molecule has 1 aromatic heterocycles. The molecule has 1 aliphatic rings. The van der Waals surface area contributed by atoms with E-state index < -0.39 is 35.3 Å². The maximum Gasteiger partial charge on any atom is 0.407 e. The average molecular weight is 685 g/mol. The molecule has 4 aromatic rings. The third kappa shape index (κ3) is 7.10. The smallest absolute Gasteiger partial charge is 0.407 e. The topological polar surface area (TPSA) is 90.3 Å². The van der Waals surface area contributed by atoms with Gasteiger partial charge in [0.05, 0.1) is 28.3 Å². The zero-order valence-electron chi connectivity index (χ0n) is 27.0. The van der Waals surface area contributed by atoms with Crippen LogP contribution in [-0.4, -0.2) is 56.7 Å². The van der Waals surface area contributed by atoms with Gasteiger partial charge in [-0.05, 0) is 94.3 Å². The molecule has 3 aromatic carbocycles. The van der Waals surface area contributed by atoms with E-state index in [9.17, 15) is 28.6 Å². The van der Waals surface area contributed by atoms with Crippen molar-refractivity contribution >= 4 is 45.0 Å². The van der Waals surface area contributed by atoms with Gasteiger partial charge in [-0.25, -0.2) is 13.6 Å². The number of carbonyl (C=O) groups excluding carboxylic acids is 1. The number of fused-ring (bicyclic) bond motifs is 1. The number of amides is 2. The standard InChI is InChI=1S/C36H39ClF2N2O5S/c1-20(42)21-6-8-22(9-7-21)23-10-17-29(46-5)24(18-23)19-40(25-11-13-26(14-12-25)41(35(44)45)36(2,3)4)34(43)33-31(37)30-27(38)15-16-28(39)32(30)47-33/h6-10,15-18,20,25-26,42H,11-14,19H2,1-5H3,(H,44,45)/t20?,25-,26-. The normalized spacial score (nSPS) is 17.4. The largest absolute Gasteiger partial charge is 0.496 e. The number of carbonyl (C=O) groups is 2. The fourth-order valence-corrected chi connectivity index (χ4v) is 8.08. The van der Waals surface area contributed by atoms with Crippen LogP contribution < -0.4 is 4.74 Å². The van der Waals surface area contributed by atoms with E-state index in [1.165, 1.54) is 4.90 Å². The van der Waals surface area contributed by atoms with Crippen molar-refractivity contribution < 1.29 is 33.3 Å². The van der Waals surface area contributed by atoms with Crippen molar-refractivity contribution in [3.63, 3.8) is 0 Å². The highest BCUT2D eigenvalue weighted by Crippen LogP contribution is 2.41. The van der Waals surface area contributed by atoms with Crippen LogP contribution >= 0.6 is 22.9 Å². The van der Waals surface area contributed by atoms with E-state index in [0.717, 1.165) is 45.7 Å². The number of hydrogen-bond donors (Lipinski definition) is 2. The van der Waals surface area contributed by atoms with E-state index in [1.807, 2.05) is 63.2 Å². The van der Waals surface area contributed by atoms with Gasteiger partial charge in [0, 0.05) is 29.7 Å². The molecule has 0 bridgehead atoms. The van der Waals surface area contributed by atoms with Gasteiger partial charge in [-0.15, -0.1) is 11.3 Å². The number of methoxy groups -OCH3 is 1. The summed E-state index contributed by atoms with van der Waals surface area (Å²) in [6, 6.07) is 14.7. The van der Waals surface area contributed by atoms with Gasteiger partial charge >= 0.3 is 6.09 Å². The van der Waals surface area contributed by atoms with E-state index >= 15 is 0 Å². The van der Waals surface area contributed by atoms with Crippen LogP contribution in [0.15, 0.2) is 54.6 Å². The second-order valence-electron chi connectivity index (χ2n) is 13.0. The summed E-state index contributed by atoms with van der Waals surface area (Å²) in [6.45, 7) is 7.41. The molecule has 5 rings (SSSR count). The first-order valence-corrected chi connectivity index (χ1v) is 16.7. The summed E-state index contributed by atoms with van der Waals surface area (Å²) in [6.07, 6.45) is 0.522. The van der Waals surface area contributed by atoms with Crippen LogP contribution in [0.4, 0.5) is 13.6 Å². The summed E-state index contributed by atoms with van der Waals surface area (Å²) in [5, 5.41) is 19.7. The molecule has 47 heavy (non-hydrogen) atoms. The van der Waals surface area contributed by atoms with E-state index in [4.69, 9.17) is 16.3 Å². The highest BCUT2D eigenvalue weighted by molar-refractivity contribution is 7.21. The van der Waals surface area contributed by atoms with Crippen molar-refractivity contribution in [2.75, 3.05) is 7.11 Å². The van der Waals surface area contributed by atoms with Crippen molar-refractivity contribution in [1.29, 1.82) is 0 Å². The minimum Gasteiger partial charge on any atom is -0.496 e. The Morgan fingerprint density at radius 1 is 0.979 bits per heavy atom. The number of rotatable bonds is 8. The Balaban J connectivity index is 1.53. The Morgan fingerprint density at radius 2 is 1.57 bits per heavy atom. The number of benzene rings is 3. The molecule has 7 nitrogen and oxygen atoms in total. The number of halogens is 3. The molecular formula is C36H39ClF2N2O5S. The molecule has 2 N–H and O–H groups in total. The van der Waals surface area contributed by atoms with Crippen LogP contribution in [0.25, 0.3) is 21.2 Å². The second kappa shape index (κ2) is 13.8. The van der Waals surface area contributed by atoms with Gasteiger partial charge in [0.15, 0.2) is 0 Å². The van der Waals surface area contributed by atoms with E-state index in [1.54, 1.807) is 18.9 Å². The molecule has 1 fully saturated rings. The third-order valence-electron chi connectivity index (χ3n) is 8.89. The zero-order valence-corrected chi connectivity index (χ0v) is 28.6. The van der Waals surface area contributed by atoms with Gasteiger partial charge in [0.25, 0.3) is 5.91 Å². The third-order valence-corrected chi connectivity index (χ3v) is 10.6. The molecule has 1 unspecified atom stereocenters. The highest BCUT2D eigenvalue weighted by atomic mass is 35.5. The van der Waals surface area contributed by atoms with Crippen molar-refractivity contribution in [2.24, 2.45) is 0 Å². The summed E-state index contributed by atoms with van der Waals surface area (Å²) in [7, 11) is 1.55. The van der Waals surface area contributed by atoms with Crippen LogP contribution in [-0.2, 0) is 6.54 Å². The Kier molecular flexibility index (Phi) is 10.1. The van der Waals surface area contributed by atoms with Crippen LogP contribution in [0.2, 0.25) is 5.02 Å². The van der Waals surface area contributed by atoms with Crippen molar-refractivity contribution in [3.05, 3.63) is 87.3 Å². The van der Waals surface area contributed by atoms with Crippen molar-refractivity contribution in [3.8, 4) is 16.9 Å². The van der Waals surface area contributed by atoms with Crippen LogP contribution in [0.5, 0.6) is 5.75 Å². The number of carboxylic acid groups (broad SMARTS) is 1. The van der Waals surface area contributed by atoms with E-state index in [2.05, 4.69) is 0 Å². The summed E-state index contributed by atoms with van der Waals surface area (Å²) < 4.78 is 35.3. The molecule has 11 heteroatoms.